The van der Waals surface area contributed by atoms with Crippen LogP contribution in [-0.2, 0) is 6.54 Å². The van der Waals surface area contributed by atoms with E-state index in [4.69, 9.17) is 16.3 Å². The zero-order valence-electron chi connectivity index (χ0n) is 10.5. The average molecular weight is 401 g/mol. The highest BCUT2D eigenvalue weighted by Gasteiger charge is 2.28. The molecule has 0 bridgehead atoms. The minimum absolute atomic E-state index is 0.163. The zero-order valence-corrected chi connectivity index (χ0v) is 13.7. The topological polar surface area (TPSA) is 21.3 Å². The van der Waals surface area contributed by atoms with Crippen LogP contribution >= 0.6 is 38.9 Å². The molecule has 1 N–H and O–H groups in total. The van der Waals surface area contributed by atoms with Crippen LogP contribution in [0.25, 0.3) is 0 Å². The molecule has 1 heterocycles. The summed E-state index contributed by atoms with van der Waals surface area (Å²) in [6, 6.07) is 8.36. The van der Waals surface area contributed by atoms with E-state index in [2.05, 4.69) is 21.2 Å². The summed E-state index contributed by atoms with van der Waals surface area (Å²) in [7, 11) is 0. The van der Waals surface area contributed by atoms with E-state index in [1.165, 1.54) is 17.4 Å². The first-order valence-electron chi connectivity index (χ1n) is 5.81. The second-order valence-electron chi connectivity index (χ2n) is 4.09. The third-order valence-electron chi connectivity index (χ3n) is 2.43. The van der Waals surface area contributed by atoms with Gasteiger partial charge in [-0.25, -0.2) is 0 Å². The van der Waals surface area contributed by atoms with Crippen LogP contribution in [0.5, 0.6) is 5.75 Å². The number of nitrogens with one attached hydrogen (secondary N) is 1. The molecule has 2 aromatic rings. The number of alkyl halides is 3. The van der Waals surface area contributed by atoms with Crippen LogP contribution in [0.2, 0.25) is 4.34 Å². The van der Waals surface area contributed by atoms with E-state index >= 15 is 0 Å². The Morgan fingerprint density at radius 1 is 1.29 bits per heavy atom. The summed E-state index contributed by atoms with van der Waals surface area (Å²) in [5, 5.41) is 3.04. The number of ether oxygens (including phenoxy) is 1. The highest BCUT2D eigenvalue weighted by Crippen LogP contribution is 2.33. The van der Waals surface area contributed by atoms with Gasteiger partial charge >= 0.3 is 6.18 Å². The van der Waals surface area contributed by atoms with Crippen molar-refractivity contribution >= 4 is 44.6 Å². The molecule has 21 heavy (non-hydrogen) atoms. The Labute approximate surface area is 137 Å². The molecule has 0 aliphatic heterocycles. The van der Waals surface area contributed by atoms with Gasteiger partial charge in [0.25, 0.3) is 0 Å². The molecule has 0 aliphatic rings. The van der Waals surface area contributed by atoms with E-state index in [0.29, 0.717) is 16.6 Å². The maximum Gasteiger partial charge on any atom is 0.422 e. The lowest BCUT2D eigenvalue weighted by atomic mass is 10.3. The molecule has 1 aromatic heterocycles. The summed E-state index contributed by atoms with van der Waals surface area (Å²) in [6.45, 7) is -0.871. The van der Waals surface area contributed by atoms with Crippen molar-refractivity contribution in [1.29, 1.82) is 0 Å². The molecule has 8 heteroatoms. The standard InChI is InChI=1S/C13H10BrClF3NOS/c14-9-5-8(21-12(9)15)6-19-10-3-1-2-4-11(10)20-7-13(16,17)18/h1-5,19H,6-7H2. The summed E-state index contributed by atoms with van der Waals surface area (Å²) >= 11 is 10.6. The van der Waals surface area contributed by atoms with Crippen LogP contribution in [0.3, 0.4) is 0 Å². The van der Waals surface area contributed by atoms with Crippen molar-refractivity contribution in [2.24, 2.45) is 0 Å². The molecule has 2 nitrogen and oxygen atoms in total. The molecule has 1 aromatic carbocycles. The molecule has 0 fully saturated rings. The maximum atomic E-state index is 12.2. The Morgan fingerprint density at radius 3 is 2.62 bits per heavy atom. The van der Waals surface area contributed by atoms with Crippen molar-refractivity contribution in [2.75, 3.05) is 11.9 Å². The van der Waals surface area contributed by atoms with Gasteiger partial charge < -0.3 is 10.1 Å². The fourth-order valence-electron chi connectivity index (χ4n) is 1.56. The molecule has 0 saturated heterocycles. The van der Waals surface area contributed by atoms with Crippen LogP contribution < -0.4 is 10.1 Å². The summed E-state index contributed by atoms with van der Waals surface area (Å²) in [6.07, 6.45) is -4.36. The van der Waals surface area contributed by atoms with E-state index in [1.54, 1.807) is 18.2 Å². The van der Waals surface area contributed by atoms with Crippen LogP contribution in [0.4, 0.5) is 18.9 Å². The van der Waals surface area contributed by atoms with Gasteiger partial charge in [-0.2, -0.15) is 13.2 Å². The lowest BCUT2D eigenvalue weighted by Gasteiger charge is -2.14. The van der Waals surface area contributed by atoms with Crippen molar-refractivity contribution in [3.8, 4) is 5.75 Å². The van der Waals surface area contributed by atoms with E-state index < -0.39 is 12.8 Å². The molecule has 0 amide bonds. The number of benzene rings is 1. The predicted molar refractivity (Wildman–Crippen MR) is 82.3 cm³/mol. The molecular weight excluding hydrogens is 391 g/mol. The summed E-state index contributed by atoms with van der Waals surface area (Å²) < 4.78 is 42.9. The second-order valence-corrected chi connectivity index (χ2v) is 6.68. The van der Waals surface area contributed by atoms with E-state index in [1.807, 2.05) is 6.07 Å². The molecule has 2 rings (SSSR count). The quantitative estimate of drug-likeness (QED) is 0.693. The Morgan fingerprint density at radius 2 is 2.00 bits per heavy atom. The van der Waals surface area contributed by atoms with E-state index in [-0.39, 0.29) is 5.75 Å². The fourth-order valence-corrected chi connectivity index (χ4v) is 3.29. The first-order chi connectivity index (χ1) is 9.85. The first kappa shape index (κ1) is 16.5. The van der Waals surface area contributed by atoms with E-state index in [0.717, 1.165) is 9.35 Å². The number of thiophene rings is 1. The van der Waals surface area contributed by atoms with Crippen LogP contribution in [0.15, 0.2) is 34.8 Å². The smallest absolute Gasteiger partial charge is 0.422 e. The Bertz CT molecular complexity index is 598. The lowest BCUT2D eigenvalue weighted by Crippen LogP contribution is -2.19. The predicted octanol–water partition coefficient (Wildman–Crippen LogP) is 5.72. The van der Waals surface area contributed by atoms with Gasteiger partial charge in [0.1, 0.15) is 10.1 Å². The molecular formula is C13H10BrClF3NOS. The number of anilines is 1. The average Bonchev–Trinajstić information content (AvgIpc) is 2.73. The van der Waals surface area contributed by atoms with Crippen LogP contribution in [-0.4, -0.2) is 12.8 Å². The number of hydrogen-bond acceptors (Lipinski definition) is 3. The van der Waals surface area contributed by atoms with Crippen molar-refractivity contribution in [3.05, 3.63) is 44.0 Å². The number of halogens is 5. The van der Waals surface area contributed by atoms with Crippen LogP contribution in [0.1, 0.15) is 4.88 Å². The second kappa shape index (κ2) is 6.89. The summed E-state index contributed by atoms with van der Waals surface area (Å²) in [4.78, 5) is 0.956. The van der Waals surface area contributed by atoms with Crippen molar-refractivity contribution in [2.45, 2.75) is 12.7 Å². The molecule has 0 saturated carbocycles. The van der Waals surface area contributed by atoms with Gasteiger partial charge in [-0.05, 0) is 34.1 Å². The molecule has 0 radical (unpaired) electrons. The normalized spacial score (nSPS) is 11.5. The molecule has 0 aliphatic carbocycles. The first-order valence-corrected chi connectivity index (χ1v) is 7.80. The highest BCUT2D eigenvalue weighted by atomic mass is 79.9. The third kappa shape index (κ3) is 5.09. The number of rotatable bonds is 5. The molecule has 0 atom stereocenters. The van der Waals surface area contributed by atoms with Gasteiger partial charge in [0.05, 0.1) is 5.69 Å². The summed E-state index contributed by atoms with van der Waals surface area (Å²) in [5.41, 5.74) is 0.502. The minimum Gasteiger partial charge on any atom is -0.482 e. The highest BCUT2D eigenvalue weighted by molar-refractivity contribution is 9.10. The Hall–Kier alpha value is -0.920. The maximum absolute atomic E-state index is 12.2. The third-order valence-corrected chi connectivity index (χ3v) is 4.90. The Kier molecular flexibility index (Phi) is 5.40. The molecule has 0 unspecified atom stereocenters. The largest absolute Gasteiger partial charge is 0.482 e. The van der Waals surface area contributed by atoms with Gasteiger partial charge in [0.2, 0.25) is 0 Å². The van der Waals surface area contributed by atoms with Gasteiger partial charge in [-0.3, -0.25) is 0 Å². The van der Waals surface area contributed by atoms with Gasteiger partial charge in [0.15, 0.2) is 6.61 Å². The van der Waals surface area contributed by atoms with Gasteiger partial charge in [0, 0.05) is 15.9 Å². The van der Waals surface area contributed by atoms with Gasteiger partial charge in [-0.1, -0.05) is 23.7 Å². The van der Waals surface area contributed by atoms with Crippen molar-refractivity contribution in [1.82, 2.24) is 0 Å². The zero-order chi connectivity index (χ0) is 15.5. The van der Waals surface area contributed by atoms with Crippen molar-refractivity contribution in [3.63, 3.8) is 0 Å². The fraction of sp³-hybridized carbons (Fsp3) is 0.231. The number of hydrogen-bond donors (Lipinski definition) is 1. The number of para-hydroxylation sites is 2. The van der Waals surface area contributed by atoms with Gasteiger partial charge in [-0.15, -0.1) is 11.3 Å². The minimum atomic E-state index is -4.36. The molecule has 114 valence electrons. The van der Waals surface area contributed by atoms with E-state index in [9.17, 15) is 13.2 Å². The summed E-state index contributed by atoms with van der Waals surface area (Å²) in [5.74, 6) is 0.163. The SMILES string of the molecule is FC(F)(F)COc1ccccc1NCc1cc(Br)c(Cl)s1. The monoisotopic (exact) mass is 399 g/mol. The lowest BCUT2D eigenvalue weighted by molar-refractivity contribution is -0.153. The Balaban J connectivity index is 2.02. The van der Waals surface area contributed by atoms with Crippen LogP contribution in [0, 0.1) is 0 Å². The van der Waals surface area contributed by atoms with Crippen molar-refractivity contribution < 1.29 is 17.9 Å². The molecule has 0 spiro atoms.